The van der Waals surface area contributed by atoms with Gasteiger partial charge in [-0.25, -0.2) is 0 Å². The molecule has 2 N–H and O–H groups in total. The number of H-pyrrole nitrogens is 1. The number of aliphatic hydroxyl groups is 1. The van der Waals surface area contributed by atoms with Gasteiger partial charge in [0.25, 0.3) is 0 Å². The molecular formula is C33H39NO8. The molecule has 3 aliphatic carbocycles. The number of rotatable bonds is 6. The highest BCUT2D eigenvalue weighted by Crippen LogP contribution is 2.72. The van der Waals surface area contributed by atoms with E-state index in [2.05, 4.69) is 31.0 Å². The first-order valence-corrected chi connectivity index (χ1v) is 15.1. The molecular weight excluding hydrogens is 538 g/mol. The second-order valence-electron chi connectivity index (χ2n) is 13.7. The minimum absolute atomic E-state index is 0.0994. The fourth-order valence-corrected chi connectivity index (χ4v) is 9.20. The van der Waals surface area contributed by atoms with Crippen molar-refractivity contribution in [3.05, 3.63) is 47.2 Å². The highest BCUT2D eigenvalue weighted by atomic mass is 16.8. The van der Waals surface area contributed by atoms with E-state index in [0.29, 0.717) is 24.8 Å². The zero-order valence-electron chi connectivity index (χ0n) is 24.9. The Bertz CT molecular complexity index is 1560. The van der Waals surface area contributed by atoms with Crippen LogP contribution in [0.1, 0.15) is 71.6 Å². The maximum absolute atomic E-state index is 13.5. The second-order valence-corrected chi connectivity index (χ2v) is 13.7. The first-order chi connectivity index (χ1) is 19.8. The number of Topliss-reactive ketones (excluding diaryl/α,β-unsaturated/α-hetero) is 1. The van der Waals surface area contributed by atoms with Gasteiger partial charge in [-0.15, -0.1) is 0 Å². The van der Waals surface area contributed by atoms with Crippen molar-refractivity contribution in [2.75, 3.05) is 13.2 Å². The van der Waals surface area contributed by atoms with Crippen LogP contribution >= 0.6 is 0 Å². The van der Waals surface area contributed by atoms with Gasteiger partial charge in [0.1, 0.15) is 24.2 Å². The van der Waals surface area contributed by atoms with Crippen LogP contribution in [0.3, 0.4) is 0 Å². The van der Waals surface area contributed by atoms with E-state index < -0.39 is 58.2 Å². The number of hydrogen-bond acceptors (Lipinski definition) is 8. The van der Waals surface area contributed by atoms with Gasteiger partial charge in [0.15, 0.2) is 23.5 Å². The molecule has 9 nitrogen and oxygen atoms in total. The molecule has 2 aromatic rings. The standard InChI is InChI=1S/C33H39NO8/c1-6-39-26(37)15-19(35)17-40-25-14-18-13-21-20-9-7-8-10-22(20)34-27(21)31(18,5)30(4)11-12-32-24(33(25,30)38)16-23(36)28(41-32)29(2,3)42-32/h7-10,16,18,25,28,34,38H,6,11-15,17H2,1-5H3/t18-,25+,28?,30-,31-,32+,33+/m1/s1. The molecule has 1 unspecified atom stereocenters. The Balaban J connectivity index is 1.35. The van der Waals surface area contributed by atoms with Gasteiger partial charge in [0.2, 0.25) is 0 Å². The monoisotopic (exact) mass is 577 g/mol. The Kier molecular flexibility index (Phi) is 5.89. The van der Waals surface area contributed by atoms with Crippen LogP contribution in [0, 0.1) is 11.3 Å². The van der Waals surface area contributed by atoms with Crippen molar-refractivity contribution >= 4 is 28.4 Å². The summed E-state index contributed by atoms with van der Waals surface area (Å²) < 4.78 is 24.2. The van der Waals surface area contributed by atoms with Crippen molar-refractivity contribution in [2.45, 2.75) is 101 Å². The number of para-hydroxylation sites is 1. The number of aromatic amines is 1. The number of hydrogen-bond donors (Lipinski definition) is 2. The third-order valence-electron chi connectivity index (χ3n) is 11.3. The number of carbonyl (C=O) groups is 3. The number of carbonyl (C=O) groups excluding carboxylic acids is 3. The summed E-state index contributed by atoms with van der Waals surface area (Å²) in [6.07, 6.45) is 1.77. The third kappa shape index (κ3) is 3.36. The Morgan fingerprint density at radius 2 is 1.90 bits per heavy atom. The van der Waals surface area contributed by atoms with Gasteiger partial charge >= 0.3 is 5.97 Å². The molecule has 3 fully saturated rings. The molecule has 7 rings (SSSR count). The summed E-state index contributed by atoms with van der Waals surface area (Å²) in [6.45, 7) is 9.50. The smallest absolute Gasteiger partial charge is 0.313 e. The Labute approximate surface area is 244 Å². The van der Waals surface area contributed by atoms with Crippen LogP contribution in [0.2, 0.25) is 0 Å². The summed E-state index contributed by atoms with van der Waals surface area (Å²) in [4.78, 5) is 42.0. The molecule has 5 aliphatic rings. The predicted molar refractivity (Wildman–Crippen MR) is 152 cm³/mol. The summed E-state index contributed by atoms with van der Waals surface area (Å²) in [5.74, 6) is -2.45. The Morgan fingerprint density at radius 1 is 1.14 bits per heavy atom. The minimum atomic E-state index is -1.71. The second kappa shape index (κ2) is 8.85. The summed E-state index contributed by atoms with van der Waals surface area (Å²) in [5.41, 5.74) is -0.132. The largest absolute Gasteiger partial charge is 0.466 e. The Hall–Kier alpha value is -2.85. The topological polar surface area (TPSA) is 124 Å². The highest BCUT2D eigenvalue weighted by Gasteiger charge is 2.78. The van der Waals surface area contributed by atoms with Gasteiger partial charge in [0, 0.05) is 39.4 Å². The molecule has 2 bridgehead atoms. The third-order valence-corrected chi connectivity index (χ3v) is 11.3. The SMILES string of the molecule is CCOC(=O)CC(=O)CO[C@H]1C[C@H]2Cc3c([nH]c4ccccc34)[C@]2(C)[C@@]2(C)CC[C@@]34OC(C(=O)C=C3[C@]12O)C(C)(C)O4. The van der Waals surface area contributed by atoms with Crippen LogP contribution in [0.5, 0.6) is 0 Å². The highest BCUT2D eigenvalue weighted by molar-refractivity contribution is 5.97. The van der Waals surface area contributed by atoms with Gasteiger partial charge < -0.3 is 29.0 Å². The lowest BCUT2D eigenvalue weighted by atomic mass is 9.41. The van der Waals surface area contributed by atoms with Crippen molar-refractivity contribution in [1.29, 1.82) is 0 Å². The normalized spacial score (nSPS) is 39.2. The fourth-order valence-electron chi connectivity index (χ4n) is 9.20. The first kappa shape index (κ1) is 28.0. The van der Waals surface area contributed by atoms with E-state index in [0.717, 1.165) is 17.6 Å². The van der Waals surface area contributed by atoms with Crippen LogP contribution in [0.15, 0.2) is 35.9 Å². The lowest BCUT2D eigenvalue weighted by molar-refractivity contribution is -0.279. The lowest BCUT2D eigenvalue weighted by Gasteiger charge is -2.67. The average Bonchev–Trinajstić information content (AvgIpc) is 3.52. The maximum atomic E-state index is 13.5. The van der Waals surface area contributed by atoms with E-state index in [1.807, 2.05) is 26.0 Å². The van der Waals surface area contributed by atoms with E-state index in [4.69, 9.17) is 18.9 Å². The number of benzene rings is 1. The van der Waals surface area contributed by atoms with E-state index >= 15 is 0 Å². The van der Waals surface area contributed by atoms with Gasteiger partial charge in [-0.2, -0.15) is 0 Å². The predicted octanol–water partition coefficient (Wildman–Crippen LogP) is 3.84. The van der Waals surface area contributed by atoms with Gasteiger partial charge in [-0.1, -0.05) is 32.0 Å². The molecule has 1 aromatic heterocycles. The zero-order chi connectivity index (χ0) is 29.9. The molecule has 3 heterocycles. The average molecular weight is 578 g/mol. The lowest BCUT2D eigenvalue weighted by Crippen LogP contribution is -2.74. The molecule has 2 saturated carbocycles. The van der Waals surface area contributed by atoms with Gasteiger partial charge in [-0.05, 0) is 63.7 Å². The van der Waals surface area contributed by atoms with E-state index in [9.17, 15) is 19.5 Å². The molecule has 224 valence electrons. The first-order valence-electron chi connectivity index (χ1n) is 15.1. The van der Waals surface area contributed by atoms with Crippen molar-refractivity contribution in [3.8, 4) is 0 Å². The summed E-state index contributed by atoms with van der Waals surface area (Å²) in [6, 6.07) is 8.25. The molecule has 1 aromatic carbocycles. The van der Waals surface area contributed by atoms with E-state index in [-0.39, 0.29) is 24.9 Å². The van der Waals surface area contributed by atoms with Crippen LogP contribution in [0.4, 0.5) is 0 Å². The summed E-state index contributed by atoms with van der Waals surface area (Å²) >= 11 is 0. The van der Waals surface area contributed by atoms with Crippen molar-refractivity contribution in [1.82, 2.24) is 4.98 Å². The van der Waals surface area contributed by atoms with Crippen LogP contribution in [-0.2, 0) is 45.2 Å². The molecule has 0 radical (unpaired) electrons. The molecule has 0 amide bonds. The van der Waals surface area contributed by atoms with Crippen LogP contribution < -0.4 is 0 Å². The van der Waals surface area contributed by atoms with Gasteiger partial charge in [0.05, 0.1) is 12.7 Å². The molecule has 1 spiro atoms. The van der Waals surface area contributed by atoms with Crippen LogP contribution in [0.25, 0.3) is 10.9 Å². The number of ketones is 2. The molecule has 7 atom stereocenters. The number of aromatic nitrogens is 1. The molecule has 42 heavy (non-hydrogen) atoms. The van der Waals surface area contributed by atoms with E-state index in [1.54, 1.807) is 6.92 Å². The van der Waals surface area contributed by atoms with Gasteiger partial charge in [-0.3, -0.25) is 14.4 Å². The number of esters is 1. The maximum Gasteiger partial charge on any atom is 0.313 e. The fraction of sp³-hybridized carbons (Fsp3) is 0.606. The molecule has 2 aliphatic heterocycles. The molecule has 1 saturated heterocycles. The van der Waals surface area contributed by atoms with Crippen molar-refractivity contribution < 1.29 is 38.4 Å². The number of nitrogens with one attached hydrogen (secondary N) is 1. The number of fused-ring (bicyclic) bond motifs is 9. The summed E-state index contributed by atoms with van der Waals surface area (Å²) in [7, 11) is 0. The molecule has 9 heteroatoms. The van der Waals surface area contributed by atoms with Crippen molar-refractivity contribution in [3.63, 3.8) is 0 Å². The number of ether oxygens (including phenoxy) is 4. The van der Waals surface area contributed by atoms with Crippen LogP contribution in [-0.4, -0.2) is 70.0 Å². The van der Waals surface area contributed by atoms with Crippen molar-refractivity contribution in [2.24, 2.45) is 11.3 Å². The summed E-state index contributed by atoms with van der Waals surface area (Å²) in [5, 5.41) is 14.4. The minimum Gasteiger partial charge on any atom is -0.466 e. The quantitative estimate of drug-likeness (QED) is 0.392. The van der Waals surface area contributed by atoms with E-state index in [1.165, 1.54) is 17.0 Å². The zero-order valence-corrected chi connectivity index (χ0v) is 24.9. The Morgan fingerprint density at radius 3 is 2.67 bits per heavy atom.